The third kappa shape index (κ3) is 4.62. The van der Waals surface area contributed by atoms with Gasteiger partial charge in [-0.2, -0.15) is 0 Å². The Kier molecular flexibility index (Phi) is 6.09. The van der Waals surface area contributed by atoms with Crippen LogP contribution in [0.25, 0.3) is 0 Å². The van der Waals surface area contributed by atoms with E-state index < -0.39 is 6.10 Å². The Morgan fingerprint density at radius 3 is 2.50 bits per heavy atom. The van der Waals surface area contributed by atoms with E-state index in [9.17, 15) is 4.79 Å². The molecule has 122 valence electrons. The van der Waals surface area contributed by atoms with Crippen molar-refractivity contribution in [2.24, 2.45) is 0 Å². The number of nitrogens with zero attached hydrogens (tertiary/aromatic N) is 1. The van der Waals surface area contributed by atoms with Crippen LogP contribution < -0.4 is 10.1 Å². The normalized spacial score (nSPS) is 18.2. The third-order valence-corrected chi connectivity index (χ3v) is 4.43. The monoisotopic (exact) mass is 324 g/mol. The highest BCUT2D eigenvalue weighted by atomic mass is 35.5. The summed E-state index contributed by atoms with van der Waals surface area (Å²) in [4.78, 5) is 14.7. The fourth-order valence-electron chi connectivity index (χ4n) is 2.66. The number of rotatable bonds is 5. The van der Waals surface area contributed by atoms with Gasteiger partial charge in [0.25, 0.3) is 5.91 Å². The van der Waals surface area contributed by atoms with Crippen LogP contribution in [0.15, 0.2) is 24.3 Å². The van der Waals surface area contributed by atoms with Crippen molar-refractivity contribution in [3.05, 3.63) is 29.3 Å². The first-order chi connectivity index (χ1) is 10.5. The smallest absolute Gasteiger partial charge is 0.260 e. The molecule has 0 saturated carbocycles. The van der Waals surface area contributed by atoms with E-state index in [1.54, 1.807) is 19.1 Å². The van der Waals surface area contributed by atoms with Crippen molar-refractivity contribution >= 4 is 17.5 Å². The van der Waals surface area contributed by atoms with E-state index >= 15 is 0 Å². The van der Waals surface area contributed by atoms with Crippen LogP contribution >= 0.6 is 11.6 Å². The topological polar surface area (TPSA) is 41.6 Å². The van der Waals surface area contributed by atoms with Gasteiger partial charge in [0.1, 0.15) is 5.75 Å². The van der Waals surface area contributed by atoms with Gasteiger partial charge in [-0.3, -0.25) is 4.79 Å². The number of piperidine rings is 1. The van der Waals surface area contributed by atoms with Crippen LogP contribution in [0.5, 0.6) is 5.75 Å². The lowest BCUT2D eigenvalue weighted by Gasteiger charge is -2.35. The Labute approximate surface area is 137 Å². The quantitative estimate of drug-likeness (QED) is 0.905. The number of likely N-dealkylation sites (tertiary alicyclic amines) is 1. The van der Waals surface area contributed by atoms with Crippen LogP contribution in [0, 0.1) is 0 Å². The van der Waals surface area contributed by atoms with E-state index in [4.69, 9.17) is 16.3 Å². The van der Waals surface area contributed by atoms with Crippen LogP contribution in [0.4, 0.5) is 0 Å². The van der Waals surface area contributed by atoms with E-state index in [1.807, 2.05) is 12.1 Å². The minimum atomic E-state index is -0.553. The van der Waals surface area contributed by atoms with E-state index in [0.29, 0.717) is 16.8 Å². The Morgan fingerprint density at radius 1 is 1.27 bits per heavy atom. The van der Waals surface area contributed by atoms with Crippen LogP contribution in [-0.2, 0) is 4.79 Å². The van der Waals surface area contributed by atoms with Crippen LogP contribution in [0.3, 0.4) is 0 Å². The summed E-state index contributed by atoms with van der Waals surface area (Å²) < 4.78 is 5.65. The number of halogens is 1. The average molecular weight is 325 g/mol. The third-order valence-electron chi connectivity index (χ3n) is 4.12. The molecule has 1 aromatic rings. The van der Waals surface area contributed by atoms with Crippen molar-refractivity contribution in [2.75, 3.05) is 13.1 Å². The van der Waals surface area contributed by atoms with Gasteiger partial charge in [-0.15, -0.1) is 0 Å². The number of hydrogen-bond acceptors (Lipinski definition) is 3. The molecule has 1 aromatic carbocycles. The van der Waals surface area contributed by atoms with Gasteiger partial charge in [0.05, 0.1) is 5.02 Å². The molecule has 1 N–H and O–H groups in total. The standard InChI is InChI=1S/C17H25ClN2O2/c1-12(2)20-10-8-14(9-11-20)19-17(21)13(3)22-16-7-5-4-6-15(16)18/h4-7,12-14H,8-11H2,1-3H3,(H,19,21). The number of amides is 1. The summed E-state index contributed by atoms with van der Waals surface area (Å²) in [5.74, 6) is 0.462. The van der Waals surface area contributed by atoms with Crippen molar-refractivity contribution in [1.82, 2.24) is 10.2 Å². The molecule has 1 unspecified atom stereocenters. The van der Waals surface area contributed by atoms with Crippen molar-refractivity contribution < 1.29 is 9.53 Å². The number of carbonyl (C=O) groups is 1. The highest BCUT2D eigenvalue weighted by molar-refractivity contribution is 6.32. The predicted octanol–water partition coefficient (Wildman–Crippen LogP) is 3.10. The molecule has 0 spiro atoms. The molecule has 1 amide bonds. The van der Waals surface area contributed by atoms with Crippen LogP contribution in [0.2, 0.25) is 5.02 Å². The van der Waals surface area contributed by atoms with Crippen molar-refractivity contribution in [3.63, 3.8) is 0 Å². The lowest BCUT2D eigenvalue weighted by Crippen LogP contribution is -2.49. The second kappa shape index (κ2) is 7.84. The number of para-hydroxylation sites is 1. The first-order valence-corrected chi connectivity index (χ1v) is 8.30. The van der Waals surface area contributed by atoms with Crippen molar-refractivity contribution in [3.8, 4) is 5.75 Å². The number of benzene rings is 1. The maximum Gasteiger partial charge on any atom is 0.260 e. The summed E-state index contributed by atoms with van der Waals surface area (Å²) in [6.07, 6.45) is 1.42. The molecule has 1 aliphatic heterocycles. The number of carbonyl (C=O) groups excluding carboxylic acids is 1. The fourth-order valence-corrected chi connectivity index (χ4v) is 2.84. The Morgan fingerprint density at radius 2 is 1.91 bits per heavy atom. The van der Waals surface area contributed by atoms with Crippen molar-refractivity contribution in [1.29, 1.82) is 0 Å². The molecule has 0 aromatic heterocycles. The lowest BCUT2D eigenvalue weighted by atomic mass is 10.0. The van der Waals surface area contributed by atoms with Gasteiger partial charge in [-0.1, -0.05) is 23.7 Å². The molecular weight excluding hydrogens is 300 g/mol. The fraction of sp³-hybridized carbons (Fsp3) is 0.588. The molecule has 1 aliphatic rings. The van der Waals surface area contributed by atoms with E-state index in [1.165, 1.54) is 0 Å². The molecule has 4 nitrogen and oxygen atoms in total. The van der Waals surface area contributed by atoms with Crippen LogP contribution in [-0.4, -0.2) is 42.1 Å². The highest BCUT2D eigenvalue weighted by Crippen LogP contribution is 2.24. The van der Waals surface area contributed by atoms with Gasteiger partial charge in [-0.25, -0.2) is 0 Å². The maximum atomic E-state index is 12.2. The number of hydrogen-bond donors (Lipinski definition) is 1. The average Bonchev–Trinajstić information content (AvgIpc) is 2.50. The Bertz CT molecular complexity index is 499. The van der Waals surface area contributed by atoms with Gasteiger partial charge < -0.3 is 15.0 Å². The SMILES string of the molecule is CC(Oc1ccccc1Cl)C(=O)NC1CCN(C(C)C)CC1. The Hall–Kier alpha value is -1.26. The molecule has 1 saturated heterocycles. The molecule has 0 aliphatic carbocycles. The number of ether oxygens (including phenoxy) is 1. The van der Waals surface area contributed by atoms with Gasteiger partial charge in [0, 0.05) is 25.2 Å². The molecule has 1 atom stereocenters. The zero-order valence-electron chi connectivity index (χ0n) is 13.5. The molecule has 1 heterocycles. The molecular formula is C17H25ClN2O2. The summed E-state index contributed by atoms with van der Waals surface area (Å²) in [6.45, 7) is 8.23. The second-order valence-corrected chi connectivity index (χ2v) is 6.51. The molecule has 2 rings (SSSR count). The minimum Gasteiger partial charge on any atom is -0.479 e. The van der Waals surface area contributed by atoms with Gasteiger partial charge >= 0.3 is 0 Å². The predicted molar refractivity (Wildman–Crippen MR) is 89.4 cm³/mol. The maximum absolute atomic E-state index is 12.2. The Balaban J connectivity index is 1.81. The zero-order valence-corrected chi connectivity index (χ0v) is 14.3. The minimum absolute atomic E-state index is 0.0806. The summed E-state index contributed by atoms with van der Waals surface area (Å²) in [5, 5.41) is 3.60. The molecule has 22 heavy (non-hydrogen) atoms. The van der Waals surface area contributed by atoms with Crippen molar-refractivity contribution in [2.45, 2.75) is 51.8 Å². The number of nitrogens with one attached hydrogen (secondary N) is 1. The summed E-state index contributed by atoms with van der Waals surface area (Å²) in [7, 11) is 0. The molecule has 1 fully saturated rings. The molecule has 0 radical (unpaired) electrons. The second-order valence-electron chi connectivity index (χ2n) is 6.10. The van der Waals surface area contributed by atoms with Gasteiger partial charge in [0.2, 0.25) is 0 Å². The zero-order chi connectivity index (χ0) is 16.1. The van der Waals surface area contributed by atoms with E-state index in [-0.39, 0.29) is 11.9 Å². The van der Waals surface area contributed by atoms with Crippen LogP contribution in [0.1, 0.15) is 33.6 Å². The summed E-state index contributed by atoms with van der Waals surface area (Å²) >= 11 is 6.05. The largest absolute Gasteiger partial charge is 0.479 e. The van der Waals surface area contributed by atoms with E-state index in [2.05, 4.69) is 24.1 Å². The lowest BCUT2D eigenvalue weighted by molar-refractivity contribution is -0.128. The summed E-state index contributed by atoms with van der Waals surface area (Å²) in [5.41, 5.74) is 0. The van der Waals surface area contributed by atoms with Gasteiger partial charge in [0.15, 0.2) is 6.10 Å². The first-order valence-electron chi connectivity index (χ1n) is 7.93. The molecule has 5 heteroatoms. The first kappa shape index (κ1) is 17.1. The molecule has 0 bridgehead atoms. The highest BCUT2D eigenvalue weighted by Gasteiger charge is 2.24. The van der Waals surface area contributed by atoms with E-state index in [0.717, 1.165) is 25.9 Å². The summed E-state index contributed by atoms with van der Waals surface area (Å²) in [6, 6.07) is 8.01. The van der Waals surface area contributed by atoms with Gasteiger partial charge in [-0.05, 0) is 45.7 Å².